The number of amides is 1. The van der Waals surface area contributed by atoms with Gasteiger partial charge in [0, 0.05) is 6.42 Å². The minimum absolute atomic E-state index is 0.0872. The Balaban J connectivity index is 1.78. The van der Waals surface area contributed by atoms with Gasteiger partial charge in [-0.3, -0.25) is 4.79 Å². The van der Waals surface area contributed by atoms with E-state index < -0.39 is 0 Å². The molecule has 0 bridgehead atoms. The molecular weight excluding hydrogens is 206 g/mol. The molecular formula is C10H17N5O. The summed E-state index contributed by atoms with van der Waals surface area (Å²) in [5.74, 6) is 1.18. The number of nitrogens with one attached hydrogen (secondary N) is 2. The molecule has 1 aliphatic rings. The molecule has 16 heavy (non-hydrogen) atoms. The van der Waals surface area contributed by atoms with E-state index in [-0.39, 0.29) is 11.9 Å². The quantitative estimate of drug-likeness (QED) is 0.796. The number of rotatable bonds is 4. The van der Waals surface area contributed by atoms with Crippen molar-refractivity contribution in [1.82, 2.24) is 25.9 Å². The minimum atomic E-state index is -0.173. The van der Waals surface area contributed by atoms with Crippen molar-refractivity contribution >= 4 is 5.91 Å². The predicted octanol–water partition coefficient (Wildman–Crippen LogP) is 0.957. The number of carbonyl (C=O) groups excluding carboxylic acids is 1. The molecule has 6 nitrogen and oxygen atoms in total. The molecule has 1 aromatic rings. The van der Waals surface area contributed by atoms with Crippen molar-refractivity contribution in [2.75, 3.05) is 0 Å². The van der Waals surface area contributed by atoms with Gasteiger partial charge in [-0.25, -0.2) is 0 Å². The van der Waals surface area contributed by atoms with Crippen LogP contribution in [0.1, 0.15) is 50.9 Å². The summed E-state index contributed by atoms with van der Waals surface area (Å²) in [5.41, 5.74) is 0. The van der Waals surface area contributed by atoms with Crippen LogP contribution in [0.25, 0.3) is 0 Å². The number of nitrogens with zero attached hydrogens (tertiary/aromatic N) is 3. The van der Waals surface area contributed by atoms with Crippen LogP contribution in [0.3, 0.4) is 0 Å². The largest absolute Gasteiger partial charge is 0.346 e. The second-order valence-electron chi connectivity index (χ2n) is 4.41. The summed E-state index contributed by atoms with van der Waals surface area (Å²) in [5, 5.41) is 16.4. The summed E-state index contributed by atoms with van der Waals surface area (Å²) in [6.45, 7) is 1.86. The lowest BCUT2D eigenvalue weighted by molar-refractivity contribution is -0.122. The number of aromatic nitrogens is 4. The fourth-order valence-corrected chi connectivity index (χ4v) is 2.19. The molecule has 2 N–H and O–H groups in total. The van der Waals surface area contributed by atoms with Crippen LogP contribution in [0.5, 0.6) is 0 Å². The maximum Gasteiger partial charge on any atom is 0.220 e. The van der Waals surface area contributed by atoms with Crippen LogP contribution in [0.4, 0.5) is 0 Å². The van der Waals surface area contributed by atoms with E-state index in [0.717, 1.165) is 0 Å². The highest BCUT2D eigenvalue weighted by atomic mass is 16.1. The first-order valence-electron chi connectivity index (χ1n) is 5.78. The number of aromatic amines is 1. The van der Waals surface area contributed by atoms with Crippen LogP contribution < -0.4 is 5.32 Å². The van der Waals surface area contributed by atoms with Crippen molar-refractivity contribution in [2.24, 2.45) is 5.92 Å². The van der Waals surface area contributed by atoms with Crippen molar-refractivity contribution in [3.05, 3.63) is 5.82 Å². The fraction of sp³-hybridized carbons (Fsp3) is 0.800. The topological polar surface area (TPSA) is 83.6 Å². The Morgan fingerprint density at radius 3 is 2.94 bits per heavy atom. The number of tetrazole rings is 1. The van der Waals surface area contributed by atoms with Gasteiger partial charge in [-0.2, -0.15) is 5.21 Å². The Bertz CT molecular complexity index is 331. The zero-order valence-electron chi connectivity index (χ0n) is 9.44. The molecule has 1 amide bonds. The van der Waals surface area contributed by atoms with Crippen molar-refractivity contribution in [3.8, 4) is 0 Å². The summed E-state index contributed by atoms with van der Waals surface area (Å²) >= 11 is 0. The van der Waals surface area contributed by atoms with E-state index >= 15 is 0 Å². The summed E-state index contributed by atoms with van der Waals surface area (Å²) < 4.78 is 0. The van der Waals surface area contributed by atoms with E-state index in [0.29, 0.717) is 18.2 Å². The smallest absolute Gasteiger partial charge is 0.220 e. The second-order valence-corrected chi connectivity index (χ2v) is 4.41. The Morgan fingerprint density at radius 2 is 2.31 bits per heavy atom. The lowest BCUT2D eigenvalue weighted by Crippen LogP contribution is -2.28. The SMILES string of the molecule is CC(NC(=O)CC1CCCC1)c1nn[nH]n1. The number of hydrogen-bond acceptors (Lipinski definition) is 4. The van der Waals surface area contributed by atoms with Crippen LogP contribution in [0.2, 0.25) is 0 Å². The molecule has 0 saturated heterocycles. The molecule has 1 aromatic heterocycles. The van der Waals surface area contributed by atoms with Gasteiger partial charge in [-0.15, -0.1) is 10.2 Å². The van der Waals surface area contributed by atoms with Gasteiger partial charge in [0.1, 0.15) is 0 Å². The summed E-state index contributed by atoms with van der Waals surface area (Å²) in [6.07, 6.45) is 5.52. The van der Waals surface area contributed by atoms with E-state index in [2.05, 4.69) is 25.9 Å². The Morgan fingerprint density at radius 1 is 1.56 bits per heavy atom. The van der Waals surface area contributed by atoms with Crippen LogP contribution in [0, 0.1) is 5.92 Å². The zero-order chi connectivity index (χ0) is 11.4. The summed E-state index contributed by atoms with van der Waals surface area (Å²) in [4.78, 5) is 11.7. The van der Waals surface area contributed by atoms with E-state index in [9.17, 15) is 4.79 Å². The second kappa shape index (κ2) is 5.05. The first kappa shape index (κ1) is 11.0. The van der Waals surface area contributed by atoms with Crippen LogP contribution in [-0.2, 0) is 4.79 Å². The van der Waals surface area contributed by atoms with E-state index in [1.54, 1.807) is 0 Å². The average Bonchev–Trinajstić information content (AvgIpc) is 2.88. The number of carbonyl (C=O) groups is 1. The monoisotopic (exact) mass is 223 g/mol. The molecule has 0 spiro atoms. The first-order chi connectivity index (χ1) is 7.75. The standard InChI is InChI=1S/C10H17N5O/c1-7(10-12-14-15-13-10)11-9(16)6-8-4-2-3-5-8/h7-8H,2-6H2,1H3,(H,11,16)(H,12,13,14,15). The van der Waals surface area contributed by atoms with Crippen LogP contribution in [-0.4, -0.2) is 26.5 Å². The molecule has 2 rings (SSSR count). The van der Waals surface area contributed by atoms with E-state index in [4.69, 9.17) is 0 Å². The molecule has 1 aliphatic carbocycles. The Kier molecular flexibility index (Phi) is 3.48. The maximum atomic E-state index is 11.7. The third-order valence-corrected chi connectivity index (χ3v) is 3.08. The lowest BCUT2D eigenvalue weighted by Gasteiger charge is -2.12. The molecule has 1 fully saturated rings. The summed E-state index contributed by atoms with van der Waals surface area (Å²) in [6, 6.07) is -0.173. The normalized spacial score (nSPS) is 18.6. The van der Waals surface area contributed by atoms with Crippen molar-refractivity contribution < 1.29 is 4.79 Å². The molecule has 6 heteroatoms. The number of H-pyrrole nitrogens is 1. The van der Waals surface area contributed by atoms with Crippen LogP contribution >= 0.6 is 0 Å². The van der Waals surface area contributed by atoms with Gasteiger partial charge < -0.3 is 5.32 Å². The summed E-state index contributed by atoms with van der Waals surface area (Å²) in [7, 11) is 0. The van der Waals surface area contributed by atoms with Gasteiger partial charge >= 0.3 is 0 Å². The minimum Gasteiger partial charge on any atom is -0.346 e. The molecule has 1 atom stereocenters. The maximum absolute atomic E-state index is 11.7. The highest BCUT2D eigenvalue weighted by Crippen LogP contribution is 2.27. The molecule has 1 heterocycles. The zero-order valence-corrected chi connectivity index (χ0v) is 9.44. The molecule has 1 saturated carbocycles. The Labute approximate surface area is 94.2 Å². The molecule has 0 aliphatic heterocycles. The fourth-order valence-electron chi connectivity index (χ4n) is 2.19. The predicted molar refractivity (Wildman–Crippen MR) is 57.3 cm³/mol. The van der Waals surface area contributed by atoms with Crippen molar-refractivity contribution in [1.29, 1.82) is 0 Å². The molecule has 0 aromatic carbocycles. The molecule has 88 valence electrons. The highest BCUT2D eigenvalue weighted by Gasteiger charge is 2.20. The van der Waals surface area contributed by atoms with Gasteiger partial charge in [0.2, 0.25) is 5.91 Å². The molecule has 1 unspecified atom stereocenters. The van der Waals surface area contributed by atoms with Gasteiger partial charge in [0.05, 0.1) is 6.04 Å². The molecule has 0 radical (unpaired) electrons. The van der Waals surface area contributed by atoms with Gasteiger partial charge in [0.15, 0.2) is 5.82 Å². The van der Waals surface area contributed by atoms with Gasteiger partial charge in [0.25, 0.3) is 0 Å². The number of hydrogen-bond donors (Lipinski definition) is 2. The van der Waals surface area contributed by atoms with E-state index in [1.807, 2.05) is 6.92 Å². The van der Waals surface area contributed by atoms with Crippen molar-refractivity contribution in [2.45, 2.75) is 45.1 Å². The van der Waals surface area contributed by atoms with Gasteiger partial charge in [-0.1, -0.05) is 18.1 Å². The Hall–Kier alpha value is -1.46. The lowest BCUT2D eigenvalue weighted by atomic mass is 10.0. The first-order valence-corrected chi connectivity index (χ1v) is 5.78. The van der Waals surface area contributed by atoms with Gasteiger partial charge in [-0.05, 0) is 25.7 Å². The third-order valence-electron chi connectivity index (χ3n) is 3.08. The van der Waals surface area contributed by atoms with Crippen molar-refractivity contribution in [3.63, 3.8) is 0 Å². The van der Waals surface area contributed by atoms with E-state index in [1.165, 1.54) is 25.7 Å². The average molecular weight is 223 g/mol. The van der Waals surface area contributed by atoms with Crippen LogP contribution in [0.15, 0.2) is 0 Å². The highest BCUT2D eigenvalue weighted by molar-refractivity contribution is 5.76. The third kappa shape index (κ3) is 2.77.